The Morgan fingerprint density at radius 2 is 1.79 bits per heavy atom. The SMILES string of the molecule is Cc1ccc(S(=O)(=O)NCCCC(C)C(=O)c2nccn2-c2ccccc2)cc1. The predicted octanol–water partition coefficient (Wildman–Crippen LogP) is 3.76. The summed E-state index contributed by atoms with van der Waals surface area (Å²) in [5, 5.41) is 0. The third-order valence-electron chi connectivity index (χ3n) is 4.78. The molecule has 3 rings (SSSR count). The minimum atomic E-state index is -3.53. The lowest BCUT2D eigenvalue weighted by Gasteiger charge is -2.13. The molecule has 152 valence electrons. The molecular weight excluding hydrogens is 386 g/mol. The normalized spacial score (nSPS) is 12.6. The average molecular weight is 412 g/mol. The van der Waals surface area contributed by atoms with E-state index in [9.17, 15) is 13.2 Å². The summed E-state index contributed by atoms with van der Waals surface area (Å²) in [6.07, 6.45) is 4.51. The Bertz CT molecular complexity index is 1060. The van der Waals surface area contributed by atoms with Crippen LogP contribution in [0.2, 0.25) is 0 Å². The van der Waals surface area contributed by atoms with Gasteiger partial charge in [0.25, 0.3) is 0 Å². The molecule has 0 saturated heterocycles. The first-order valence-electron chi connectivity index (χ1n) is 9.58. The Morgan fingerprint density at radius 3 is 2.48 bits per heavy atom. The van der Waals surface area contributed by atoms with Gasteiger partial charge in [0.05, 0.1) is 4.90 Å². The number of hydrogen-bond acceptors (Lipinski definition) is 4. The Hall–Kier alpha value is -2.77. The van der Waals surface area contributed by atoms with E-state index in [2.05, 4.69) is 9.71 Å². The number of hydrogen-bond donors (Lipinski definition) is 1. The molecule has 6 nitrogen and oxygen atoms in total. The number of ketones is 1. The van der Waals surface area contributed by atoms with Gasteiger partial charge in [-0.2, -0.15) is 0 Å². The molecule has 0 fully saturated rings. The van der Waals surface area contributed by atoms with Crippen molar-refractivity contribution in [1.82, 2.24) is 14.3 Å². The molecule has 1 unspecified atom stereocenters. The van der Waals surface area contributed by atoms with Crippen LogP contribution in [0.3, 0.4) is 0 Å². The number of Topliss-reactive ketones (excluding diaryl/α,β-unsaturated/α-hetero) is 1. The fourth-order valence-electron chi connectivity index (χ4n) is 3.05. The lowest BCUT2D eigenvalue weighted by atomic mass is 10.00. The fraction of sp³-hybridized carbons (Fsp3) is 0.273. The van der Waals surface area contributed by atoms with Crippen molar-refractivity contribution in [3.8, 4) is 5.69 Å². The van der Waals surface area contributed by atoms with Crippen LogP contribution in [0.25, 0.3) is 5.69 Å². The van der Waals surface area contributed by atoms with E-state index in [-0.39, 0.29) is 23.1 Å². The summed E-state index contributed by atoms with van der Waals surface area (Å²) in [5.41, 5.74) is 1.89. The van der Waals surface area contributed by atoms with Crippen LogP contribution in [0.5, 0.6) is 0 Å². The van der Waals surface area contributed by atoms with Gasteiger partial charge in [0.2, 0.25) is 15.8 Å². The Morgan fingerprint density at radius 1 is 1.10 bits per heavy atom. The van der Waals surface area contributed by atoms with Crippen molar-refractivity contribution in [2.45, 2.75) is 31.6 Å². The first-order chi connectivity index (χ1) is 13.9. The molecule has 0 aliphatic heterocycles. The summed E-state index contributed by atoms with van der Waals surface area (Å²) in [7, 11) is -3.53. The molecule has 2 aromatic carbocycles. The molecule has 0 aliphatic rings. The van der Waals surface area contributed by atoms with Crippen molar-refractivity contribution in [2.24, 2.45) is 5.92 Å². The zero-order valence-electron chi connectivity index (χ0n) is 16.6. The number of aromatic nitrogens is 2. The van der Waals surface area contributed by atoms with E-state index in [0.29, 0.717) is 18.7 Å². The van der Waals surface area contributed by atoms with Crippen LogP contribution in [0, 0.1) is 12.8 Å². The van der Waals surface area contributed by atoms with Gasteiger partial charge in [-0.1, -0.05) is 42.8 Å². The molecule has 7 heteroatoms. The molecule has 0 radical (unpaired) electrons. The van der Waals surface area contributed by atoms with E-state index in [1.807, 2.05) is 44.2 Å². The van der Waals surface area contributed by atoms with E-state index in [0.717, 1.165) is 11.3 Å². The number of imidazole rings is 1. The largest absolute Gasteiger partial charge is 0.297 e. The summed E-state index contributed by atoms with van der Waals surface area (Å²) < 4.78 is 29.0. The summed E-state index contributed by atoms with van der Waals surface area (Å²) in [6, 6.07) is 16.3. The number of nitrogens with zero attached hydrogens (tertiary/aromatic N) is 2. The van der Waals surface area contributed by atoms with Crippen molar-refractivity contribution >= 4 is 15.8 Å². The number of benzene rings is 2. The first-order valence-corrected chi connectivity index (χ1v) is 11.1. The highest BCUT2D eigenvalue weighted by Crippen LogP contribution is 2.17. The number of aryl methyl sites for hydroxylation is 1. The molecule has 0 aliphatic carbocycles. The van der Waals surface area contributed by atoms with Crippen LogP contribution >= 0.6 is 0 Å². The Kier molecular flexibility index (Phi) is 6.61. The second-order valence-electron chi connectivity index (χ2n) is 7.07. The second kappa shape index (κ2) is 9.15. The van der Waals surface area contributed by atoms with Crippen LogP contribution in [-0.4, -0.2) is 30.3 Å². The molecule has 1 N–H and O–H groups in total. The van der Waals surface area contributed by atoms with Crippen LogP contribution in [0.4, 0.5) is 0 Å². The Labute approximate surface area is 171 Å². The maximum absolute atomic E-state index is 12.8. The van der Waals surface area contributed by atoms with Gasteiger partial charge in [-0.15, -0.1) is 0 Å². The lowest BCUT2D eigenvalue weighted by molar-refractivity contribution is 0.0911. The standard InChI is InChI=1S/C22H25N3O3S/c1-17-10-12-20(13-11-17)29(27,28)24-14-6-7-18(2)21(26)22-23-15-16-25(22)19-8-4-3-5-9-19/h3-5,8-13,15-16,18,24H,6-7,14H2,1-2H3. The van der Waals surface area contributed by atoms with Crippen molar-refractivity contribution in [2.75, 3.05) is 6.54 Å². The van der Waals surface area contributed by atoms with Gasteiger partial charge in [0, 0.05) is 30.5 Å². The van der Waals surface area contributed by atoms with Gasteiger partial charge in [0.15, 0.2) is 5.82 Å². The molecule has 1 aromatic heterocycles. The number of para-hydroxylation sites is 1. The fourth-order valence-corrected chi connectivity index (χ4v) is 4.12. The molecule has 0 saturated carbocycles. The minimum absolute atomic E-state index is 0.0553. The lowest BCUT2D eigenvalue weighted by Crippen LogP contribution is -2.25. The van der Waals surface area contributed by atoms with Crippen molar-refractivity contribution in [3.05, 3.63) is 78.4 Å². The molecule has 1 atom stereocenters. The van der Waals surface area contributed by atoms with Crippen LogP contribution in [-0.2, 0) is 10.0 Å². The predicted molar refractivity (Wildman–Crippen MR) is 113 cm³/mol. The molecule has 1 heterocycles. The van der Waals surface area contributed by atoms with Crippen LogP contribution < -0.4 is 4.72 Å². The van der Waals surface area contributed by atoms with E-state index < -0.39 is 10.0 Å². The smallest absolute Gasteiger partial charge is 0.240 e. The number of rotatable bonds is 9. The minimum Gasteiger partial charge on any atom is -0.297 e. The van der Waals surface area contributed by atoms with E-state index in [4.69, 9.17) is 0 Å². The van der Waals surface area contributed by atoms with Crippen LogP contribution in [0.1, 0.15) is 35.9 Å². The summed E-state index contributed by atoms with van der Waals surface area (Å²) >= 11 is 0. The van der Waals surface area contributed by atoms with Gasteiger partial charge in [-0.3, -0.25) is 9.36 Å². The van der Waals surface area contributed by atoms with E-state index >= 15 is 0 Å². The quantitative estimate of drug-likeness (QED) is 0.429. The molecule has 29 heavy (non-hydrogen) atoms. The molecular formula is C22H25N3O3S. The highest BCUT2D eigenvalue weighted by Gasteiger charge is 2.21. The van der Waals surface area contributed by atoms with E-state index in [1.165, 1.54) is 0 Å². The number of sulfonamides is 1. The first kappa shape index (κ1) is 21.0. The van der Waals surface area contributed by atoms with Crippen molar-refractivity contribution in [3.63, 3.8) is 0 Å². The summed E-state index contributed by atoms with van der Waals surface area (Å²) in [6.45, 7) is 4.03. The molecule has 0 spiro atoms. The summed E-state index contributed by atoms with van der Waals surface area (Å²) in [4.78, 5) is 17.3. The highest BCUT2D eigenvalue weighted by atomic mass is 32.2. The number of carbonyl (C=O) groups excluding carboxylic acids is 1. The zero-order chi connectivity index (χ0) is 20.9. The molecule has 3 aromatic rings. The number of carbonyl (C=O) groups is 1. The van der Waals surface area contributed by atoms with Gasteiger partial charge < -0.3 is 0 Å². The van der Waals surface area contributed by atoms with Gasteiger partial charge in [-0.05, 0) is 44.0 Å². The van der Waals surface area contributed by atoms with Crippen molar-refractivity contribution in [1.29, 1.82) is 0 Å². The van der Waals surface area contributed by atoms with Crippen molar-refractivity contribution < 1.29 is 13.2 Å². The highest BCUT2D eigenvalue weighted by molar-refractivity contribution is 7.89. The third-order valence-corrected chi connectivity index (χ3v) is 6.26. The monoisotopic (exact) mass is 411 g/mol. The number of nitrogens with one attached hydrogen (secondary N) is 1. The van der Waals surface area contributed by atoms with Gasteiger partial charge >= 0.3 is 0 Å². The zero-order valence-corrected chi connectivity index (χ0v) is 17.4. The summed E-state index contributed by atoms with van der Waals surface area (Å²) in [5.74, 6) is 0.0768. The Balaban J connectivity index is 1.55. The van der Waals surface area contributed by atoms with Gasteiger partial charge in [-0.25, -0.2) is 18.1 Å². The average Bonchev–Trinajstić information content (AvgIpc) is 3.21. The van der Waals surface area contributed by atoms with Crippen LogP contribution in [0.15, 0.2) is 71.9 Å². The molecule has 0 bridgehead atoms. The third kappa shape index (κ3) is 5.19. The van der Waals surface area contributed by atoms with E-state index in [1.54, 1.807) is 41.2 Å². The van der Waals surface area contributed by atoms with Gasteiger partial charge in [0.1, 0.15) is 0 Å². The topological polar surface area (TPSA) is 81.1 Å². The maximum atomic E-state index is 12.8. The maximum Gasteiger partial charge on any atom is 0.240 e. The molecule has 0 amide bonds. The second-order valence-corrected chi connectivity index (χ2v) is 8.84.